The summed E-state index contributed by atoms with van der Waals surface area (Å²) in [4.78, 5) is 38.6. The molecule has 7 nitrogen and oxygen atoms in total. The van der Waals surface area contributed by atoms with E-state index in [2.05, 4.69) is 15.6 Å². The Morgan fingerprint density at radius 1 is 1.17 bits per heavy atom. The van der Waals surface area contributed by atoms with E-state index in [-0.39, 0.29) is 30.2 Å². The Balaban J connectivity index is 2.00. The highest BCUT2D eigenvalue weighted by atomic mass is 32.1. The number of anilines is 1. The zero-order chi connectivity index (χ0) is 16.8. The van der Waals surface area contributed by atoms with E-state index in [1.165, 1.54) is 24.5 Å². The lowest BCUT2D eigenvalue weighted by molar-refractivity contribution is -0.120. The van der Waals surface area contributed by atoms with Crippen molar-refractivity contribution in [1.29, 1.82) is 0 Å². The van der Waals surface area contributed by atoms with Gasteiger partial charge in [-0.3, -0.25) is 9.59 Å². The van der Waals surface area contributed by atoms with Crippen LogP contribution in [0.5, 0.6) is 0 Å². The molecule has 2 amide bonds. The van der Waals surface area contributed by atoms with Gasteiger partial charge in [-0.05, 0) is 11.6 Å². The summed E-state index contributed by atoms with van der Waals surface area (Å²) in [5.74, 6) is -1.60. The lowest BCUT2D eigenvalue weighted by atomic mass is 10.0. The fourth-order valence-electron chi connectivity index (χ4n) is 1.92. The predicted molar refractivity (Wildman–Crippen MR) is 85.6 cm³/mol. The van der Waals surface area contributed by atoms with Gasteiger partial charge in [-0.15, -0.1) is 11.3 Å². The van der Waals surface area contributed by atoms with Gasteiger partial charge < -0.3 is 15.7 Å². The summed E-state index contributed by atoms with van der Waals surface area (Å²) in [6, 6.07) is 6.34. The summed E-state index contributed by atoms with van der Waals surface area (Å²) in [5.41, 5.74) is 1.09. The second-order valence-corrected chi connectivity index (χ2v) is 5.54. The molecule has 1 aromatic heterocycles. The number of aromatic carboxylic acids is 1. The van der Waals surface area contributed by atoms with Gasteiger partial charge in [0.15, 0.2) is 5.13 Å². The normalized spacial score (nSPS) is 10.1. The van der Waals surface area contributed by atoms with Crippen molar-refractivity contribution in [3.05, 3.63) is 46.5 Å². The molecule has 23 heavy (non-hydrogen) atoms. The number of carbonyl (C=O) groups is 3. The SMILES string of the molecule is CNC(=O)Cc1csc(NC(=O)Cc2ccccc2C(=O)O)n1. The molecule has 1 heterocycles. The van der Waals surface area contributed by atoms with Gasteiger partial charge in [0.1, 0.15) is 0 Å². The Morgan fingerprint density at radius 3 is 2.61 bits per heavy atom. The van der Waals surface area contributed by atoms with E-state index in [4.69, 9.17) is 5.11 Å². The molecule has 0 spiro atoms. The Kier molecular flexibility index (Phi) is 5.42. The second-order valence-electron chi connectivity index (χ2n) is 4.68. The first-order valence-electron chi connectivity index (χ1n) is 6.75. The molecule has 0 saturated heterocycles. The molecular weight excluding hydrogens is 318 g/mol. The third kappa shape index (κ3) is 4.62. The maximum atomic E-state index is 12.0. The maximum absolute atomic E-state index is 12.0. The number of carboxylic acids is 1. The van der Waals surface area contributed by atoms with Crippen LogP contribution in [0.1, 0.15) is 21.6 Å². The smallest absolute Gasteiger partial charge is 0.335 e. The van der Waals surface area contributed by atoms with Crippen molar-refractivity contribution in [2.45, 2.75) is 12.8 Å². The van der Waals surface area contributed by atoms with Gasteiger partial charge in [0.05, 0.1) is 24.1 Å². The Bertz CT molecular complexity index is 742. The van der Waals surface area contributed by atoms with Gasteiger partial charge in [0.25, 0.3) is 0 Å². The number of benzene rings is 1. The number of aromatic nitrogens is 1. The van der Waals surface area contributed by atoms with Gasteiger partial charge in [0, 0.05) is 12.4 Å². The molecule has 0 bridgehead atoms. The van der Waals surface area contributed by atoms with Crippen molar-refractivity contribution in [2.75, 3.05) is 12.4 Å². The molecule has 3 N–H and O–H groups in total. The fourth-order valence-corrected chi connectivity index (χ4v) is 2.64. The summed E-state index contributed by atoms with van der Waals surface area (Å²) in [5, 5.41) is 16.3. The summed E-state index contributed by atoms with van der Waals surface area (Å²) >= 11 is 1.21. The molecule has 0 aliphatic carbocycles. The van der Waals surface area contributed by atoms with Gasteiger partial charge in [0.2, 0.25) is 11.8 Å². The van der Waals surface area contributed by atoms with Crippen molar-refractivity contribution < 1.29 is 19.5 Å². The highest BCUT2D eigenvalue weighted by molar-refractivity contribution is 7.13. The minimum atomic E-state index is -1.07. The van der Waals surface area contributed by atoms with E-state index in [1.54, 1.807) is 23.6 Å². The van der Waals surface area contributed by atoms with Crippen LogP contribution in [-0.2, 0) is 22.4 Å². The Morgan fingerprint density at radius 2 is 1.91 bits per heavy atom. The molecule has 120 valence electrons. The van der Waals surface area contributed by atoms with Crippen LogP contribution in [0.4, 0.5) is 5.13 Å². The fraction of sp³-hybridized carbons (Fsp3) is 0.200. The van der Waals surface area contributed by atoms with Gasteiger partial charge in [-0.2, -0.15) is 0 Å². The average molecular weight is 333 g/mol. The lowest BCUT2D eigenvalue weighted by Gasteiger charge is -2.05. The molecule has 2 rings (SSSR count). The van der Waals surface area contributed by atoms with Crippen molar-refractivity contribution in [1.82, 2.24) is 10.3 Å². The minimum absolute atomic E-state index is 0.0627. The Hall–Kier alpha value is -2.74. The number of carboxylic acid groups (broad SMARTS) is 1. The standard InChI is InChI=1S/C15H15N3O4S/c1-16-12(19)7-10-8-23-15(17-10)18-13(20)6-9-4-2-3-5-11(9)14(21)22/h2-5,8H,6-7H2,1H3,(H,16,19)(H,21,22)(H,17,18,20). The zero-order valence-corrected chi connectivity index (χ0v) is 13.1. The third-order valence-electron chi connectivity index (χ3n) is 3.02. The van der Waals surface area contributed by atoms with Crippen LogP contribution < -0.4 is 10.6 Å². The Labute approximate surface area is 136 Å². The maximum Gasteiger partial charge on any atom is 0.335 e. The number of thiazole rings is 1. The molecule has 0 unspecified atom stereocenters. The number of rotatable bonds is 6. The molecule has 2 aromatic rings. The number of hydrogen-bond donors (Lipinski definition) is 3. The summed E-state index contributed by atoms with van der Waals surface area (Å²) in [7, 11) is 1.54. The number of likely N-dealkylation sites (N-methyl/N-ethyl adjacent to an activating group) is 1. The van der Waals surface area contributed by atoms with Crippen molar-refractivity contribution in [3.63, 3.8) is 0 Å². The van der Waals surface area contributed by atoms with Crippen molar-refractivity contribution >= 4 is 34.3 Å². The van der Waals surface area contributed by atoms with E-state index in [0.717, 1.165) is 0 Å². The summed E-state index contributed by atoms with van der Waals surface area (Å²) in [6.07, 6.45) is 0.0809. The van der Waals surface area contributed by atoms with E-state index < -0.39 is 5.97 Å². The first-order chi connectivity index (χ1) is 11.0. The molecule has 8 heteroatoms. The predicted octanol–water partition coefficient (Wildman–Crippen LogP) is 1.31. The van der Waals surface area contributed by atoms with Crippen LogP contribution in [0, 0.1) is 0 Å². The van der Waals surface area contributed by atoms with Gasteiger partial charge in [-0.25, -0.2) is 9.78 Å². The highest BCUT2D eigenvalue weighted by Gasteiger charge is 2.14. The van der Waals surface area contributed by atoms with Gasteiger partial charge >= 0.3 is 5.97 Å². The van der Waals surface area contributed by atoms with Crippen LogP contribution >= 0.6 is 11.3 Å². The molecule has 0 atom stereocenters. The molecule has 0 aliphatic rings. The van der Waals surface area contributed by atoms with E-state index in [9.17, 15) is 14.4 Å². The first kappa shape index (κ1) is 16.6. The number of hydrogen-bond acceptors (Lipinski definition) is 5. The molecule has 0 radical (unpaired) electrons. The summed E-state index contributed by atoms with van der Waals surface area (Å²) in [6.45, 7) is 0. The summed E-state index contributed by atoms with van der Waals surface area (Å²) < 4.78 is 0. The van der Waals surface area contributed by atoms with E-state index in [0.29, 0.717) is 16.4 Å². The average Bonchev–Trinajstić information content (AvgIpc) is 2.94. The molecule has 0 aliphatic heterocycles. The zero-order valence-electron chi connectivity index (χ0n) is 12.3. The molecule has 0 saturated carbocycles. The first-order valence-corrected chi connectivity index (χ1v) is 7.63. The molecule has 0 fully saturated rings. The largest absolute Gasteiger partial charge is 0.478 e. The van der Waals surface area contributed by atoms with Crippen LogP contribution in [0.2, 0.25) is 0 Å². The molecular formula is C15H15N3O4S. The number of amides is 2. The lowest BCUT2D eigenvalue weighted by Crippen LogP contribution is -2.20. The third-order valence-corrected chi connectivity index (χ3v) is 3.82. The number of carbonyl (C=O) groups excluding carboxylic acids is 2. The van der Waals surface area contributed by atoms with Crippen molar-refractivity contribution in [3.8, 4) is 0 Å². The highest BCUT2D eigenvalue weighted by Crippen LogP contribution is 2.17. The number of nitrogens with one attached hydrogen (secondary N) is 2. The molecule has 1 aromatic carbocycles. The van der Waals surface area contributed by atoms with Crippen LogP contribution in [-0.4, -0.2) is 34.9 Å². The monoisotopic (exact) mass is 333 g/mol. The minimum Gasteiger partial charge on any atom is -0.478 e. The quantitative estimate of drug-likeness (QED) is 0.738. The van der Waals surface area contributed by atoms with E-state index in [1.807, 2.05) is 0 Å². The van der Waals surface area contributed by atoms with Crippen LogP contribution in [0.3, 0.4) is 0 Å². The number of nitrogens with zero attached hydrogens (tertiary/aromatic N) is 1. The van der Waals surface area contributed by atoms with Crippen LogP contribution in [0.25, 0.3) is 0 Å². The van der Waals surface area contributed by atoms with E-state index >= 15 is 0 Å². The second kappa shape index (κ2) is 7.50. The van der Waals surface area contributed by atoms with Crippen molar-refractivity contribution in [2.24, 2.45) is 0 Å². The van der Waals surface area contributed by atoms with Gasteiger partial charge in [-0.1, -0.05) is 18.2 Å². The topological polar surface area (TPSA) is 108 Å². The van der Waals surface area contributed by atoms with Crippen LogP contribution in [0.15, 0.2) is 29.6 Å².